The molecule has 1 atom stereocenters. The molecule has 3 heterocycles. The van der Waals surface area contributed by atoms with Gasteiger partial charge in [-0.15, -0.1) is 0 Å². The zero-order valence-corrected chi connectivity index (χ0v) is 12.2. The Morgan fingerprint density at radius 2 is 2.45 bits per heavy atom. The molecule has 2 aliphatic heterocycles. The van der Waals surface area contributed by atoms with E-state index >= 15 is 0 Å². The van der Waals surface area contributed by atoms with E-state index in [9.17, 15) is 0 Å². The van der Waals surface area contributed by atoms with Crippen molar-refractivity contribution in [1.29, 1.82) is 0 Å². The van der Waals surface area contributed by atoms with Crippen LogP contribution in [0.15, 0.2) is 6.20 Å². The van der Waals surface area contributed by atoms with Crippen molar-refractivity contribution in [2.24, 2.45) is 0 Å². The molecule has 2 aliphatic rings. The van der Waals surface area contributed by atoms with Crippen molar-refractivity contribution in [1.82, 2.24) is 10.3 Å². The lowest BCUT2D eigenvalue weighted by atomic mass is 9.90. The van der Waals surface area contributed by atoms with Crippen molar-refractivity contribution in [3.63, 3.8) is 0 Å². The highest BCUT2D eigenvalue weighted by Crippen LogP contribution is 2.33. The Balaban J connectivity index is 1.97. The minimum atomic E-state index is 0.573. The molecule has 0 radical (unpaired) electrons. The first kappa shape index (κ1) is 13.4. The van der Waals surface area contributed by atoms with Crippen molar-refractivity contribution >= 4 is 5.82 Å². The lowest BCUT2D eigenvalue weighted by molar-refractivity contribution is 0.434. The number of hydrogen-bond acceptors (Lipinski definition) is 3. The molecule has 20 heavy (non-hydrogen) atoms. The molecule has 1 N–H and O–H groups in total. The summed E-state index contributed by atoms with van der Waals surface area (Å²) >= 11 is 0. The molecular formula is C16H22N4. The van der Waals surface area contributed by atoms with Crippen LogP contribution in [0.2, 0.25) is 0 Å². The van der Waals surface area contributed by atoms with Gasteiger partial charge in [-0.25, -0.2) is 11.6 Å². The maximum atomic E-state index is 6.98. The van der Waals surface area contributed by atoms with Gasteiger partial charge in [0.15, 0.2) is 0 Å². The van der Waals surface area contributed by atoms with Gasteiger partial charge in [0.25, 0.3) is 0 Å². The quantitative estimate of drug-likeness (QED) is 0.851. The topological polar surface area (TPSA) is 32.5 Å². The van der Waals surface area contributed by atoms with E-state index < -0.39 is 0 Å². The zero-order chi connectivity index (χ0) is 13.9. The SMILES string of the molecule is [C-]#[N+]CCc1cnc2c(c1CC)CC[C@@H]1CNCCN21. The standard InChI is InChI=1S/C16H22N4/c1-3-14-12(6-7-17-2)10-19-16-15(14)5-4-13-11-18-8-9-20(13)16/h10,13,18H,3-9,11H2,1H3/t13-/m1/s1. The van der Waals surface area contributed by atoms with Crippen LogP contribution in [0, 0.1) is 6.57 Å². The minimum Gasteiger partial charge on any atom is -0.351 e. The third-order valence-electron chi connectivity index (χ3n) is 4.56. The van der Waals surface area contributed by atoms with E-state index in [1.807, 2.05) is 6.20 Å². The number of hydrogen-bond donors (Lipinski definition) is 1. The Hall–Kier alpha value is -1.60. The lowest BCUT2D eigenvalue weighted by Gasteiger charge is -2.42. The van der Waals surface area contributed by atoms with E-state index in [1.165, 1.54) is 28.9 Å². The summed E-state index contributed by atoms with van der Waals surface area (Å²) in [6, 6.07) is 0.613. The van der Waals surface area contributed by atoms with E-state index in [2.05, 4.69) is 22.0 Å². The summed E-state index contributed by atoms with van der Waals surface area (Å²) in [4.78, 5) is 10.7. The van der Waals surface area contributed by atoms with Crippen molar-refractivity contribution in [2.75, 3.05) is 31.1 Å². The number of piperazine rings is 1. The van der Waals surface area contributed by atoms with E-state index in [-0.39, 0.29) is 0 Å². The Bertz CT molecular complexity index is 532. The molecule has 0 bridgehead atoms. The summed E-state index contributed by atoms with van der Waals surface area (Å²) in [5, 5.41) is 3.48. The van der Waals surface area contributed by atoms with Crippen LogP contribution in [-0.2, 0) is 19.3 Å². The van der Waals surface area contributed by atoms with Crippen LogP contribution in [0.1, 0.15) is 30.0 Å². The van der Waals surface area contributed by atoms with Gasteiger partial charge in [0, 0.05) is 38.3 Å². The average Bonchev–Trinajstić information content (AvgIpc) is 2.51. The maximum absolute atomic E-state index is 6.98. The van der Waals surface area contributed by atoms with Gasteiger partial charge >= 0.3 is 0 Å². The number of rotatable bonds is 3. The summed E-state index contributed by atoms with van der Waals surface area (Å²) in [7, 11) is 0. The second-order valence-electron chi connectivity index (χ2n) is 5.64. The summed E-state index contributed by atoms with van der Waals surface area (Å²) in [5.74, 6) is 1.21. The van der Waals surface area contributed by atoms with E-state index in [1.54, 1.807) is 0 Å². The number of anilines is 1. The second kappa shape index (κ2) is 5.80. The molecule has 4 heteroatoms. The zero-order valence-electron chi connectivity index (χ0n) is 12.2. The fraction of sp³-hybridized carbons (Fsp3) is 0.625. The largest absolute Gasteiger partial charge is 0.351 e. The van der Waals surface area contributed by atoms with Crippen molar-refractivity contribution in [3.8, 4) is 0 Å². The van der Waals surface area contributed by atoms with Crippen molar-refractivity contribution in [2.45, 2.75) is 38.6 Å². The summed E-state index contributed by atoms with van der Waals surface area (Å²) in [5.41, 5.74) is 4.19. The fourth-order valence-electron chi connectivity index (χ4n) is 3.57. The van der Waals surface area contributed by atoms with Gasteiger partial charge in [-0.05, 0) is 36.0 Å². The molecule has 0 aromatic carbocycles. The number of pyridine rings is 1. The maximum Gasteiger partial charge on any atom is 0.218 e. The molecular weight excluding hydrogens is 248 g/mol. The Kier molecular flexibility index (Phi) is 3.88. The molecule has 0 spiro atoms. The fourth-order valence-corrected chi connectivity index (χ4v) is 3.57. The average molecular weight is 270 g/mol. The summed E-state index contributed by atoms with van der Waals surface area (Å²) < 4.78 is 0. The molecule has 1 saturated heterocycles. The molecule has 106 valence electrons. The van der Waals surface area contributed by atoms with Crippen LogP contribution in [0.4, 0.5) is 5.82 Å². The van der Waals surface area contributed by atoms with Gasteiger partial charge < -0.3 is 15.1 Å². The number of nitrogens with one attached hydrogen (secondary N) is 1. The number of fused-ring (bicyclic) bond motifs is 3. The molecule has 0 saturated carbocycles. The van der Waals surface area contributed by atoms with Gasteiger partial charge in [-0.3, -0.25) is 0 Å². The molecule has 1 aromatic heterocycles. The van der Waals surface area contributed by atoms with E-state index in [0.717, 1.165) is 38.9 Å². The predicted octanol–water partition coefficient (Wildman–Crippen LogP) is 1.83. The minimum absolute atomic E-state index is 0.573. The first-order valence-electron chi connectivity index (χ1n) is 7.65. The van der Waals surface area contributed by atoms with Gasteiger partial charge in [0.05, 0.1) is 0 Å². The normalized spacial score (nSPS) is 21.0. The lowest BCUT2D eigenvalue weighted by Crippen LogP contribution is -2.53. The first-order chi connectivity index (χ1) is 9.85. The summed E-state index contributed by atoms with van der Waals surface area (Å²) in [6.45, 7) is 13.0. The van der Waals surface area contributed by atoms with E-state index in [0.29, 0.717) is 12.6 Å². The third kappa shape index (κ3) is 2.27. The van der Waals surface area contributed by atoms with E-state index in [4.69, 9.17) is 11.6 Å². The van der Waals surface area contributed by atoms with Gasteiger partial charge in [-0.2, -0.15) is 0 Å². The van der Waals surface area contributed by atoms with Crippen molar-refractivity contribution < 1.29 is 0 Å². The molecule has 4 nitrogen and oxygen atoms in total. The molecule has 1 fully saturated rings. The smallest absolute Gasteiger partial charge is 0.218 e. The highest BCUT2D eigenvalue weighted by Gasteiger charge is 2.31. The van der Waals surface area contributed by atoms with Crippen molar-refractivity contribution in [3.05, 3.63) is 34.3 Å². The second-order valence-corrected chi connectivity index (χ2v) is 5.64. The molecule has 3 rings (SSSR count). The van der Waals surface area contributed by atoms with Crippen LogP contribution in [-0.4, -0.2) is 37.2 Å². The predicted molar refractivity (Wildman–Crippen MR) is 81.1 cm³/mol. The van der Waals surface area contributed by atoms with Gasteiger partial charge in [-0.1, -0.05) is 6.92 Å². The van der Waals surface area contributed by atoms with Crippen LogP contribution in [0.3, 0.4) is 0 Å². The number of aromatic nitrogens is 1. The molecule has 0 unspecified atom stereocenters. The van der Waals surface area contributed by atoms with Crippen LogP contribution in [0.5, 0.6) is 0 Å². The summed E-state index contributed by atoms with van der Waals surface area (Å²) in [6.07, 6.45) is 6.28. The Morgan fingerprint density at radius 3 is 3.25 bits per heavy atom. The number of nitrogens with zero attached hydrogens (tertiary/aromatic N) is 3. The highest BCUT2D eigenvalue weighted by atomic mass is 15.3. The van der Waals surface area contributed by atoms with Crippen LogP contribution < -0.4 is 10.2 Å². The van der Waals surface area contributed by atoms with Crippen LogP contribution >= 0.6 is 0 Å². The Morgan fingerprint density at radius 1 is 1.55 bits per heavy atom. The van der Waals surface area contributed by atoms with Gasteiger partial charge in [0.1, 0.15) is 5.82 Å². The Labute approximate surface area is 121 Å². The first-order valence-corrected chi connectivity index (χ1v) is 7.65. The monoisotopic (exact) mass is 270 g/mol. The molecule has 0 amide bonds. The third-order valence-corrected chi connectivity index (χ3v) is 4.56. The highest BCUT2D eigenvalue weighted by molar-refractivity contribution is 5.56. The van der Waals surface area contributed by atoms with Gasteiger partial charge in [0.2, 0.25) is 6.54 Å². The molecule has 0 aliphatic carbocycles. The van der Waals surface area contributed by atoms with Crippen LogP contribution in [0.25, 0.3) is 4.85 Å². The molecule has 1 aromatic rings.